The average molecular weight is 312 g/mol. The van der Waals surface area contributed by atoms with Crippen molar-refractivity contribution in [3.63, 3.8) is 0 Å². The molecule has 0 fully saturated rings. The summed E-state index contributed by atoms with van der Waals surface area (Å²) in [6.45, 7) is 10.1. The van der Waals surface area contributed by atoms with Crippen LogP contribution in [0.2, 0.25) is 0 Å². The zero-order valence-corrected chi connectivity index (χ0v) is 13.1. The molecule has 1 amide bonds. The van der Waals surface area contributed by atoms with Gasteiger partial charge in [-0.05, 0) is 12.5 Å². The summed E-state index contributed by atoms with van der Waals surface area (Å²) in [4.78, 5) is 14.1. The molecule has 2 nitrogen and oxygen atoms in total. The Morgan fingerprint density at radius 2 is 1.95 bits per heavy atom. The fourth-order valence-electron chi connectivity index (χ4n) is 1.86. The molecule has 0 aromatic heterocycles. The summed E-state index contributed by atoms with van der Waals surface area (Å²) >= 11 is 12.3. The first-order valence-corrected chi connectivity index (χ1v) is 7.09. The van der Waals surface area contributed by atoms with E-state index < -0.39 is 4.33 Å². The van der Waals surface area contributed by atoms with Gasteiger partial charge in [-0.1, -0.05) is 65.2 Å². The number of nitrogens with zero attached hydrogens (tertiary/aromatic N) is 1. The second kappa shape index (κ2) is 7.51. The molecule has 1 aromatic rings. The highest BCUT2D eigenvalue weighted by Gasteiger charge is 2.36. The minimum atomic E-state index is -1.48. The lowest BCUT2D eigenvalue weighted by molar-refractivity contribution is -0.132. The number of halogens is 2. The van der Waals surface area contributed by atoms with E-state index in [-0.39, 0.29) is 12.3 Å². The van der Waals surface area contributed by atoms with Crippen molar-refractivity contribution >= 4 is 29.1 Å². The Hall–Kier alpha value is -1.25. The molecule has 108 valence electrons. The number of benzene rings is 1. The smallest absolute Gasteiger partial charge is 0.259 e. The molecule has 1 aromatic carbocycles. The van der Waals surface area contributed by atoms with Crippen molar-refractivity contribution in [1.29, 1.82) is 0 Å². The van der Waals surface area contributed by atoms with Gasteiger partial charge in [0.05, 0.1) is 0 Å². The molecule has 0 saturated carbocycles. The molecular weight excluding hydrogens is 293 g/mol. The van der Waals surface area contributed by atoms with E-state index in [1.54, 1.807) is 17.9 Å². The third kappa shape index (κ3) is 5.03. The highest BCUT2D eigenvalue weighted by Crippen LogP contribution is 2.31. The Labute approximate surface area is 130 Å². The van der Waals surface area contributed by atoms with Crippen molar-refractivity contribution in [2.45, 2.75) is 24.2 Å². The predicted molar refractivity (Wildman–Crippen MR) is 85.9 cm³/mol. The third-order valence-electron chi connectivity index (χ3n) is 2.69. The molecule has 0 heterocycles. The van der Waals surface area contributed by atoms with Crippen molar-refractivity contribution < 1.29 is 4.79 Å². The van der Waals surface area contributed by atoms with E-state index in [9.17, 15) is 4.79 Å². The fraction of sp³-hybridized carbons (Fsp3) is 0.312. The van der Waals surface area contributed by atoms with Crippen LogP contribution in [0.1, 0.15) is 18.9 Å². The Morgan fingerprint density at radius 3 is 2.45 bits per heavy atom. The van der Waals surface area contributed by atoms with Gasteiger partial charge in [0.1, 0.15) is 0 Å². The number of allylic oxidation sites excluding steroid dienone is 1. The molecule has 0 N–H and O–H groups in total. The molecule has 0 unspecified atom stereocenters. The zero-order valence-electron chi connectivity index (χ0n) is 11.6. The Balaban J connectivity index is 2.87. The van der Waals surface area contributed by atoms with Crippen LogP contribution >= 0.6 is 23.2 Å². The standard InChI is InChI=1S/C16H19Cl2NO/c1-4-10-19(12-14-8-6-5-7-9-14)15(20)16(17,18)11-13(2)3/h4-9H,1-2,10-12H2,3H3. The lowest BCUT2D eigenvalue weighted by Crippen LogP contribution is -2.42. The topological polar surface area (TPSA) is 20.3 Å². The fourth-order valence-corrected chi connectivity index (χ4v) is 2.56. The predicted octanol–water partition coefficient (Wildman–Crippen LogP) is 4.34. The van der Waals surface area contributed by atoms with Crippen molar-refractivity contribution in [2.24, 2.45) is 0 Å². The minimum absolute atomic E-state index is 0.234. The van der Waals surface area contributed by atoms with Gasteiger partial charge < -0.3 is 4.90 Å². The van der Waals surface area contributed by atoms with Crippen LogP contribution in [0, 0.1) is 0 Å². The molecule has 20 heavy (non-hydrogen) atoms. The number of hydrogen-bond acceptors (Lipinski definition) is 1. The van der Waals surface area contributed by atoms with E-state index in [1.165, 1.54) is 0 Å². The molecule has 0 bridgehead atoms. The maximum Gasteiger partial charge on any atom is 0.259 e. The molecule has 4 heteroatoms. The van der Waals surface area contributed by atoms with Gasteiger partial charge in [-0.3, -0.25) is 4.79 Å². The molecule has 0 spiro atoms. The molecule has 0 aliphatic carbocycles. The van der Waals surface area contributed by atoms with Gasteiger partial charge in [0, 0.05) is 19.5 Å². The van der Waals surface area contributed by atoms with E-state index in [0.717, 1.165) is 11.1 Å². The van der Waals surface area contributed by atoms with Gasteiger partial charge >= 0.3 is 0 Å². The Kier molecular flexibility index (Phi) is 6.31. The normalized spacial score (nSPS) is 10.9. The summed E-state index contributed by atoms with van der Waals surface area (Å²) in [5.41, 5.74) is 1.78. The van der Waals surface area contributed by atoms with Crippen molar-refractivity contribution in [3.8, 4) is 0 Å². The molecule has 1 rings (SSSR count). The van der Waals surface area contributed by atoms with Gasteiger partial charge in [-0.2, -0.15) is 0 Å². The SMILES string of the molecule is C=CCN(Cc1ccccc1)C(=O)C(Cl)(Cl)CC(=C)C. The first kappa shape index (κ1) is 16.8. The van der Waals surface area contributed by atoms with E-state index in [4.69, 9.17) is 23.2 Å². The molecule has 0 aliphatic rings. The maximum atomic E-state index is 12.5. The lowest BCUT2D eigenvalue weighted by Gasteiger charge is -2.28. The quantitative estimate of drug-likeness (QED) is 0.542. The van der Waals surface area contributed by atoms with Gasteiger partial charge in [-0.25, -0.2) is 0 Å². The third-order valence-corrected chi connectivity index (χ3v) is 3.28. The summed E-state index contributed by atoms with van der Waals surface area (Å²) in [5, 5.41) is 0. The Morgan fingerprint density at radius 1 is 1.35 bits per heavy atom. The van der Waals surface area contributed by atoms with Gasteiger partial charge in [0.15, 0.2) is 4.33 Å². The van der Waals surface area contributed by atoms with E-state index in [0.29, 0.717) is 13.1 Å². The van der Waals surface area contributed by atoms with Gasteiger partial charge in [0.25, 0.3) is 5.91 Å². The summed E-state index contributed by atoms with van der Waals surface area (Å²) in [6.07, 6.45) is 1.89. The highest BCUT2D eigenvalue weighted by molar-refractivity contribution is 6.58. The average Bonchev–Trinajstić information content (AvgIpc) is 2.37. The first-order valence-electron chi connectivity index (χ1n) is 6.33. The van der Waals surface area contributed by atoms with Crippen LogP contribution in [-0.2, 0) is 11.3 Å². The van der Waals surface area contributed by atoms with Crippen molar-refractivity contribution in [1.82, 2.24) is 4.90 Å². The number of hydrogen-bond donors (Lipinski definition) is 0. The molecule has 0 aliphatic heterocycles. The second-order valence-electron chi connectivity index (χ2n) is 4.80. The van der Waals surface area contributed by atoms with Crippen LogP contribution in [-0.4, -0.2) is 21.7 Å². The molecule has 0 atom stereocenters. The van der Waals surface area contributed by atoms with Crippen LogP contribution in [0.15, 0.2) is 55.1 Å². The summed E-state index contributed by atoms with van der Waals surface area (Å²) in [6, 6.07) is 9.68. The summed E-state index contributed by atoms with van der Waals surface area (Å²) in [7, 11) is 0. The van der Waals surface area contributed by atoms with Crippen LogP contribution in [0.4, 0.5) is 0 Å². The first-order chi connectivity index (χ1) is 9.36. The number of carbonyl (C=O) groups is 1. The largest absolute Gasteiger partial charge is 0.332 e. The number of alkyl halides is 2. The minimum Gasteiger partial charge on any atom is -0.332 e. The van der Waals surface area contributed by atoms with Gasteiger partial charge in [0.2, 0.25) is 0 Å². The van der Waals surface area contributed by atoms with Crippen LogP contribution in [0.3, 0.4) is 0 Å². The van der Waals surface area contributed by atoms with Crippen molar-refractivity contribution in [3.05, 3.63) is 60.7 Å². The van der Waals surface area contributed by atoms with Crippen LogP contribution in [0.25, 0.3) is 0 Å². The number of rotatable bonds is 7. The maximum absolute atomic E-state index is 12.5. The van der Waals surface area contributed by atoms with Crippen LogP contribution in [0.5, 0.6) is 0 Å². The monoisotopic (exact) mass is 311 g/mol. The molecular formula is C16H19Cl2NO. The summed E-state index contributed by atoms with van der Waals surface area (Å²) < 4.78 is -1.48. The van der Waals surface area contributed by atoms with E-state index in [2.05, 4.69) is 13.2 Å². The number of carbonyl (C=O) groups excluding carboxylic acids is 1. The lowest BCUT2D eigenvalue weighted by atomic mass is 10.1. The summed E-state index contributed by atoms with van der Waals surface area (Å²) in [5.74, 6) is -0.326. The molecule has 0 radical (unpaired) electrons. The molecule has 0 saturated heterocycles. The van der Waals surface area contributed by atoms with Crippen molar-refractivity contribution in [2.75, 3.05) is 6.54 Å². The van der Waals surface area contributed by atoms with Crippen LogP contribution < -0.4 is 0 Å². The van der Waals surface area contributed by atoms with E-state index >= 15 is 0 Å². The number of amides is 1. The Bertz CT molecular complexity index is 483. The highest BCUT2D eigenvalue weighted by atomic mass is 35.5. The van der Waals surface area contributed by atoms with E-state index in [1.807, 2.05) is 30.3 Å². The zero-order chi connectivity index (χ0) is 15.2. The van der Waals surface area contributed by atoms with Gasteiger partial charge in [-0.15, -0.1) is 13.2 Å². The second-order valence-corrected chi connectivity index (χ2v) is 6.28.